The summed E-state index contributed by atoms with van der Waals surface area (Å²) in [5, 5.41) is 0. The Kier molecular flexibility index (Phi) is 6.97. The lowest BCUT2D eigenvalue weighted by Crippen LogP contribution is -2.47. The van der Waals surface area contributed by atoms with Crippen molar-refractivity contribution in [1.82, 2.24) is 19.0 Å². The average Bonchev–Trinajstić information content (AvgIpc) is 2.98. The number of aromatic nitrogens is 3. The Morgan fingerprint density at radius 1 is 1.09 bits per heavy atom. The summed E-state index contributed by atoms with van der Waals surface area (Å²) in [6.45, 7) is 4.17. The van der Waals surface area contributed by atoms with Crippen LogP contribution in [-0.4, -0.2) is 43.8 Å². The van der Waals surface area contributed by atoms with Crippen molar-refractivity contribution in [2.45, 2.75) is 103 Å². The average molecular weight is 471 g/mol. The minimum Gasteiger partial charge on any atom is -0.373 e. The Morgan fingerprint density at radius 3 is 2.65 bits per heavy atom. The third kappa shape index (κ3) is 4.75. The zero-order valence-electron chi connectivity index (χ0n) is 20.0. The van der Waals surface area contributed by atoms with E-state index in [1.165, 1.54) is 10.6 Å². The van der Waals surface area contributed by atoms with Crippen LogP contribution in [0.4, 0.5) is 4.39 Å². The highest BCUT2D eigenvalue weighted by molar-refractivity contribution is 5.26. The number of hydrogen-bond donors (Lipinski definition) is 0. The van der Waals surface area contributed by atoms with Crippen LogP contribution in [0.25, 0.3) is 0 Å². The fraction of sp³-hybridized carbons (Fsp3) is 0.654. The molecular weight excluding hydrogens is 435 g/mol. The molecule has 8 heteroatoms. The Hall–Kier alpha value is -2.32. The largest absolute Gasteiger partial charge is 0.373 e. The van der Waals surface area contributed by atoms with Crippen LogP contribution in [0.15, 0.2) is 27.8 Å². The predicted molar refractivity (Wildman–Crippen MR) is 127 cm³/mol. The Balaban J connectivity index is 1.17. The van der Waals surface area contributed by atoms with Crippen LogP contribution in [0.5, 0.6) is 0 Å². The van der Waals surface area contributed by atoms with Gasteiger partial charge in [0.25, 0.3) is 0 Å². The molecule has 34 heavy (non-hydrogen) atoms. The maximum Gasteiger partial charge on any atom is 0.353 e. The summed E-state index contributed by atoms with van der Waals surface area (Å²) in [4.78, 5) is 32.2. The molecule has 7 nitrogen and oxygen atoms in total. The minimum atomic E-state index is -0.406. The predicted octanol–water partition coefficient (Wildman–Crippen LogP) is 3.18. The van der Waals surface area contributed by atoms with Gasteiger partial charge in [0, 0.05) is 43.7 Å². The number of rotatable bonds is 7. The first-order valence-electron chi connectivity index (χ1n) is 12.8. The van der Waals surface area contributed by atoms with Crippen molar-refractivity contribution in [3.63, 3.8) is 0 Å². The monoisotopic (exact) mass is 470 g/mol. The smallest absolute Gasteiger partial charge is 0.353 e. The number of ether oxygens (including phenoxy) is 1. The highest BCUT2D eigenvalue weighted by Gasteiger charge is 2.40. The highest BCUT2D eigenvalue weighted by atomic mass is 19.1. The zero-order chi connectivity index (χ0) is 23.7. The van der Waals surface area contributed by atoms with E-state index in [1.807, 2.05) is 13.0 Å². The standard InChI is InChI=1S/C26H35FN4O3/c1-18-7-5-8-23(27)22(18)17-34-21-15-19-10-11-20(16-21)29(19)13-6-14-31-25(32)28-24-9-3-2-4-12-30(24)26(31)33/h5,7-8,19-21H,2-4,6,9-17H2,1H3. The molecule has 0 aliphatic carbocycles. The molecule has 184 valence electrons. The summed E-state index contributed by atoms with van der Waals surface area (Å²) in [7, 11) is 0. The molecule has 3 aliphatic heterocycles. The number of aryl methyl sites for hydroxylation is 2. The quantitative estimate of drug-likeness (QED) is 0.622. The lowest BCUT2D eigenvalue weighted by molar-refractivity contribution is -0.0295. The molecule has 3 aliphatic rings. The molecular formula is C26H35FN4O3. The molecule has 0 N–H and O–H groups in total. The SMILES string of the molecule is Cc1cccc(F)c1COC1CC2CCC(C1)N2CCCn1c(=O)nc2n(c1=O)CCCCC2. The van der Waals surface area contributed by atoms with E-state index in [1.54, 1.807) is 10.6 Å². The van der Waals surface area contributed by atoms with Crippen molar-refractivity contribution < 1.29 is 9.13 Å². The van der Waals surface area contributed by atoms with Gasteiger partial charge >= 0.3 is 11.4 Å². The van der Waals surface area contributed by atoms with Gasteiger partial charge in [-0.05, 0) is 63.5 Å². The Morgan fingerprint density at radius 2 is 1.88 bits per heavy atom. The molecule has 2 unspecified atom stereocenters. The number of benzene rings is 1. The lowest BCUT2D eigenvalue weighted by atomic mass is 9.99. The van der Waals surface area contributed by atoms with Crippen LogP contribution in [0.3, 0.4) is 0 Å². The second-order valence-electron chi connectivity index (χ2n) is 10.1. The van der Waals surface area contributed by atoms with Crippen molar-refractivity contribution in [2.24, 2.45) is 0 Å². The van der Waals surface area contributed by atoms with Gasteiger partial charge in [-0.1, -0.05) is 18.6 Å². The molecule has 0 amide bonds. The summed E-state index contributed by atoms with van der Waals surface area (Å²) in [5.41, 5.74) is 0.981. The third-order valence-corrected chi connectivity index (χ3v) is 7.97. The van der Waals surface area contributed by atoms with Gasteiger partial charge in [-0.3, -0.25) is 9.47 Å². The van der Waals surface area contributed by atoms with Crippen LogP contribution in [-0.2, 0) is 30.9 Å². The van der Waals surface area contributed by atoms with Gasteiger partial charge in [-0.2, -0.15) is 4.98 Å². The van der Waals surface area contributed by atoms with Gasteiger partial charge < -0.3 is 4.74 Å². The van der Waals surface area contributed by atoms with E-state index in [4.69, 9.17) is 4.74 Å². The van der Waals surface area contributed by atoms with Gasteiger partial charge in [0.05, 0.1) is 12.7 Å². The summed E-state index contributed by atoms with van der Waals surface area (Å²) < 4.78 is 23.3. The summed E-state index contributed by atoms with van der Waals surface area (Å²) in [6, 6.07) is 6.05. The second-order valence-corrected chi connectivity index (χ2v) is 10.1. The van der Waals surface area contributed by atoms with E-state index in [0.717, 1.165) is 63.5 Å². The number of fused-ring (bicyclic) bond motifs is 3. The number of hydrogen-bond acceptors (Lipinski definition) is 5. The first kappa shape index (κ1) is 23.4. The van der Waals surface area contributed by atoms with Crippen molar-refractivity contribution in [3.05, 3.63) is 61.9 Å². The van der Waals surface area contributed by atoms with E-state index < -0.39 is 5.69 Å². The molecule has 2 bridgehead atoms. The molecule has 1 aromatic carbocycles. The summed E-state index contributed by atoms with van der Waals surface area (Å²) in [6.07, 6.45) is 8.82. The van der Waals surface area contributed by atoms with E-state index in [2.05, 4.69) is 9.88 Å². The van der Waals surface area contributed by atoms with E-state index in [9.17, 15) is 14.0 Å². The molecule has 1 aromatic heterocycles. The van der Waals surface area contributed by atoms with Crippen LogP contribution in [0.2, 0.25) is 0 Å². The van der Waals surface area contributed by atoms with Gasteiger partial charge in [-0.15, -0.1) is 0 Å². The van der Waals surface area contributed by atoms with E-state index >= 15 is 0 Å². The fourth-order valence-corrected chi connectivity index (χ4v) is 6.09. The van der Waals surface area contributed by atoms with E-state index in [-0.39, 0.29) is 17.6 Å². The van der Waals surface area contributed by atoms with Crippen LogP contribution in [0.1, 0.15) is 68.3 Å². The van der Waals surface area contributed by atoms with Crippen molar-refractivity contribution >= 4 is 0 Å². The minimum absolute atomic E-state index is 0.147. The van der Waals surface area contributed by atoms with E-state index in [0.29, 0.717) is 49.6 Å². The van der Waals surface area contributed by atoms with Crippen LogP contribution in [0, 0.1) is 12.7 Å². The first-order valence-corrected chi connectivity index (χ1v) is 12.8. The topological polar surface area (TPSA) is 69.4 Å². The molecule has 0 radical (unpaired) electrons. The number of halogens is 1. The molecule has 0 saturated carbocycles. The first-order chi connectivity index (χ1) is 16.5. The molecule has 4 heterocycles. The van der Waals surface area contributed by atoms with Gasteiger partial charge in [0.15, 0.2) is 0 Å². The van der Waals surface area contributed by atoms with Crippen molar-refractivity contribution in [2.75, 3.05) is 6.54 Å². The molecule has 2 fully saturated rings. The van der Waals surface area contributed by atoms with Gasteiger partial charge in [0.1, 0.15) is 11.6 Å². The highest BCUT2D eigenvalue weighted by Crippen LogP contribution is 2.37. The van der Waals surface area contributed by atoms with Gasteiger partial charge in [0.2, 0.25) is 0 Å². The van der Waals surface area contributed by atoms with Crippen LogP contribution >= 0.6 is 0 Å². The summed E-state index contributed by atoms with van der Waals surface area (Å²) >= 11 is 0. The number of piperidine rings is 1. The summed E-state index contributed by atoms with van der Waals surface area (Å²) in [5.74, 6) is 0.452. The number of nitrogens with zero attached hydrogens (tertiary/aromatic N) is 4. The Bertz CT molecular complexity index is 1110. The second kappa shape index (κ2) is 10.1. The fourth-order valence-electron chi connectivity index (χ4n) is 6.09. The van der Waals surface area contributed by atoms with Crippen molar-refractivity contribution in [1.29, 1.82) is 0 Å². The molecule has 2 saturated heterocycles. The zero-order valence-corrected chi connectivity index (χ0v) is 20.0. The lowest BCUT2D eigenvalue weighted by Gasteiger charge is -2.39. The Labute approximate surface area is 199 Å². The maximum absolute atomic E-state index is 14.1. The maximum atomic E-state index is 14.1. The van der Waals surface area contributed by atoms with Crippen molar-refractivity contribution in [3.8, 4) is 0 Å². The molecule has 0 spiro atoms. The van der Waals surface area contributed by atoms with Crippen LogP contribution < -0.4 is 11.4 Å². The molecule has 2 aromatic rings. The third-order valence-electron chi connectivity index (χ3n) is 7.97. The normalized spacial score (nSPS) is 24.7. The molecule has 2 atom stereocenters. The van der Waals surface area contributed by atoms with Gasteiger partial charge in [-0.25, -0.2) is 18.5 Å². The molecule has 5 rings (SSSR count).